The summed E-state index contributed by atoms with van der Waals surface area (Å²) in [6.07, 6.45) is 8.49. The maximum absolute atomic E-state index is 14.7. The number of sulfonamides is 1. The average molecular weight is 781 g/mol. The van der Waals surface area contributed by atoms with Crippen molar-refractivity contribution in [2.24, 2.45) is 11.8 Å². The second-order valence-electron chi connectivity index (χ2n) is 16.6. The second-order valence-corrected chi connectivity index (χ2v) is 18.8. The maximum atomic E-state index is 14.7. The third-order valence-electron chi connectivity index (χ3n) is 11.8. The van der Waals surface area contributed by atoms with Crippen molar-refractivity contribution in [1.29, 1.82) is 0 Å². The molecule has 2 aromatic heterocycles. The highest BCUT2D eigenvalue weighted by atomic mass is 32.2. The van der Waals surface area contributed by atoms with E-state index in [0.29, 0.717) is 73.3 Å². The van der Waals surface area contributed by atoms with Gasteiger partial charge < -0.3 is 29.7 Å². The molecule has 3 aliphatic heterocycles. The molecule has 15 nitrogen and oxygen atoms in total. The smallest absolute Gasteiger partial charge is 0.407 e. The van der Waals surface area contributed by atoms with Crippen molar-refractivity contribution in [2.45, 2.75) is 126 Å². The lowest BCUT2D eigenvalue weighted by molar-refractivity contribution is -0.141. The number of aromatic nitrogens is 2. The van der Waals surface area contributed by atoms with Crippen LogP contribution in [0.4, 0.5) is 4.79 Å². The van der Waals surface area contributed by atoms with Crippen LogP contribution in [0.5, 0.6) is 11.6 Å². The Balaban J connectivity index is 1.23. The summed E-state index contributed by atoms with van der Waals surface area (Å²) in [5.41, 5.74) is 0.302. The summed E-state index contributed by atoms with van der Waals surface area (Å²) in [6.45, 7) is 7.47. The number of hydrogen-bond acceptors (Lipinski definition) is 11. The first kappa shape index (κ1) is 38.8. The van der Waals surface area contributed by atoms with Crippen molar-refractivity contribution in [1.82, 2.24) is 30.2 Å². The van der Waals surface area contributed by atoms with Crippen LogP contribution in [0.2, 0.25) is 0 Å². The highest BCUT2D eigenvalue weighted by Gasteiger charge is 2.64. The SMILES string of the molecule is COc1ccc2nc(C)c3c(c2n1)CC[C@]1(C[C@H]2C(=O)N[C@]4(C(=O)NS(=O)(=O)C5(C)CC5)CC4/C=C\CCCCC[C@H](NC(=O)OCC(C)C)C(=O)N2C1)O3. The molecule has 2 saturated carbocycles. The van der Waals surface area contributed by atoms with Crippen LogP contribution < -0.4 is 24.8 Å². The third-order valence-corrected chi connectivity index (χ3v) is 14.0. The van der Waals surface area contributed by atoms with Gasteiger partial charge in [0.25, 0.3) is 5.91 Å². The molecule has 2 aromatic rings. The molecular weight excluding hydrogens is 729 g/mol. The number of alkyl carbamates (subject to hydrolysis) is 1. The summed E-state index contributed by atoms with van der Waals surface area (Å²) in [5, 5.41) is 5.72. The molecule has 7 rings (SSSR count). The van der Waals surface area contributed by atoms with Gasteiger partial charge in [-0.25, -0.2) is 23.2 Å². The Morgan fingerprint density at radius 2 is 1.89 bits per heavy atom. The molecule has 5 heterocycles. The fourth-order valence-electron chi connectivity index (χ4n) is 8.07. The summed E-state index contributed by atoms with van der Waals surface area (Å²) in [5.74, 6) is -1.23. The number of carbonyl (C=O) groups is 4. The summed E-state index contributed by atoms with van der Waals surface area (Å²) in [4.78, 5) is 67.1. The van der Waals surface area contributed by atoms with Crippen LogP contribution in [0.3, 0.4) is 0 Å². The minimum Gasteiger partial charge on any atom is -0.483 e. The summed E-state index contributed by atoms with van der Waals surface area (Å²) < 4.78 is 45.3. The predicted octanol–water partition coefficient (Wildman–Crippen LogP) is 3.76. The fraction of sp³-hybridized carbons (Fsp3) is 0.641. The van der Waals surface area contributed by atoms with Crippen LogP contribution in [0, 0.1) is 18.8 Å². The van der Waals surface area contributed by atoms with Gasteiger partial charge in [-0.1, -0.05) is 38.8 Å². The Bertz CT molecular complexity index is 2030. The monoisotopic (exact) mass is 780 g/mol. The predicted molar refractivity (Wildman–Crippen MR) is 202 cm³/mol. The van der Waals surface area contributed by atoms with Crippen LogP contribution in [0.1, 0.15) is 96.2 Å². The van der Waals surface area contributed by atoms with Crippen LogP contribution >= 0.6 is 0 Å². The van der Waals surface area contributed by atoms with E-state index in [2.05, 4.69) is 20.3 Å². The molecule has 1 unspecified atom stereocenters. The maximum Gasteiger partial charge on any atom is 0.407 e. The number of aryl methyl sites for hydroxylation is 2. The molecule has 1 saturated heterocycles. The normalized spacial score (nSPS) is 29.4. The van der Waals surface area contributed by atoms with Gasteiger partial charge in [-0.2, -0.15) is 0 Å². The van der Waals surface area contributed by atoms with Gasteiger partial charge in [0.1, 0.15) is 29.0 Å². The van der Waals surface area contributed by atoms with E-state index in [0.717, 1.165) is 18.4 Å². The largest absolute Gasteiger partial charge is 0.483 e. The minimum absolute atomic E-state index is 0.0286. The summed E-state index contributed by atoms with van der Waals surface area (Å²) in [6, 6.07) is 1.50. The molecule has 0 bridgehead atoms. The van der Waals surface area contributed by atoms with Crippen molar-refractivity contribution < 1.29 is 41.8 Å². The van der Waals surface area contributed by atoms with E-state index in [-0.39, 0.29) is 31.9 Å². The molecule has 2 aliphatic carbocycles. The van der Waals surface area contributed by atoms with E-state index >= 15 is 0 Å². The zero-order chi connectivity index (χ0) is 39.3. The first-order valence-corrected chi connectivity index (χ1v) is 20.9. The van der Waals surface area contributed by atoms with Crippen LogP contribution in [0.25, 0.3) is 11.0 Å². The Morgan fingerprint density at radius 3 is 2.62 bits per heavy atom. The average Bonchev–Trinajstić information content (AvgIpc) is 4.04. The molecular formula is C39H52N6O9S. The Kier molecular flexibility index (Phi) is 10.3. The van der Waals surface area contributed by atoms with Gasteiger partial charge >= 0.3 is 6.09 Å². The lowest BCUT2D eigenvalue weighted by atomic mass is 9.88. The molecule has 3 N–H and O–H groups in total. The second kappa shape index (κ2) is 14.6. The molecule has 1 spiro atoms. The van der Waals surface area contributed by atoms with Crippen molar-refractivity contribution in [2.75, 3.05) is 20.3 Å². The number of amides is 4. The molecule has 5 aliphatic rings. The number of methoxy groups -OCH3 is 1. The number of nitrogens with one attached hydrogen (secondary N) is 3. The number of pyridine rings is 2. The number of carbonyl (C=O) groups excluding carboxylic acids is 4. The Morgan fingerprint density at radius 1 is 1.11 bits per heavy atom. The van der Waals surface area contributed by atoms with E-state index in [4.69, 9.17) is 19.2 Å². The van der Waals surface area contributed by atoms with E-state index in [1.165, 1.54) is 4.90 Å². The van der Waals surface area contributed by atoms with Gasteiger partial charge in [0.2, 0.25) is 27.7 Å². The lowest BCUT2D eigenvalue weighted by Gasteiger charge is -2.36. The number of hydrogen-bond donors (Lipinski definition) is 3. The number of nitrogens with zero attached hydrogens (tertiary/aromatic N) is 3. The topological polar surface area (TPSA) is 195 Å². The van der Waals surface area contributed by atoms with Crippen molar-refractivity contribution in [3.63, 3.8) is 0 Å². The van der Waals surface area contributed by atoms with Gasteiger partial charge in [0.15, 0.2) is 0 Å². The van der Waals surface area contributed by atoms with E-state index in [1.54, 1.807) is 20.1 Å². The third kappa shape index (κ3) is 7.58. The van der Waals surface area contributed by atoms with Crippen molar-refractivity contribution in [3.05, 3.63) is 35.5 Å². The number of ether oxygens (including phenoxy) is 3. The van der Waals surface area contributed by atoms with Gasteiger partial charge in [-0.05, 0) is 77.2 Å². The first-order valence-electron chi connectivity index (χ1n) is 19.4. The Hall–Kier alpha value is -4.47. The Labute approximate surface area is 321 Å². The van der Waals surface area contributed by atoms with Gasteiger partial charge in [0.05, 0.1) is 41.7 Å². The number of allylic oxidation sites excluding steroid dienone is 1. The van der Waals surface area contributed by atoms with Gasteiger partial charge in [0, 0.05) is 24.0 Å². The standard InChI is InChI=1S/C39H52N6O9S/c1-23(2)21-53-36(49)41-28-12-10-8-6-7-9-11-25-19-39(25,35(48)44-55(50,51)37(4)17-18-37)43-33(46)29-20-38(22-45(29)34(28)47)16-15-26-31-27(13-14-30(42-31)52-5)40-24(3)32(26)54-38/h9,11,13-14,23,25,28-29H,6-8,10,12,15-22H2,1-5H3,(H,41,49)(H,43,46)(H,44,48)/b11-9-/t25?,28-,29-,38+,39+/m0/s1. The van der Waals surface area contributed by atoms with E-state index in [9.17, 15) is 27.6 Å². The van der Waals surface area contributed by atoms with E-state index in [1.807, 2.05) is 39.0 Å². The molecule has 16 heteroatoms. The molecule has 55 heavy (non-hydrogen) atoms. The van der Waals surface area contributed by atoms with Crippen LogP contribution in [-0.4, -0.2) is 95.3 Å². The quantitative estimate of drug-likeness (QED) is 0.347. The highest BCUT2D eigenvalue weighted by Crippen LogP contribution is 2.49. The number of rotatable bonds is 7. The van der Waals surface area contributed by atoms with Crippen molar-refractivity contribution >= 4 is 44.9 Å². The zero-order valence-corrected chi connectivity index (χ0v) is 33.1. The van der Waals surface area contributed by atoms with E-state index < -0.39 is 67.7 Å². The summed E-state index contributed by atoms with van der Waals surface area (Å²) in [7, 11) is -2.45. The zero-order valence-electron chi connectivity index (χ0n) is 32.2. The highest BCUT2D eigenvalue weighted by molar-refractivity contribution is 7.91. The molecule has 3 fully saturated rings. The van der Waals surface area contributed by atoms with Gasteiger partial charge in [-0.3, -0.25) is 19.1 Å². The molecule has 4 amide bonds. The number of fused-ring (bicyclic) bond motifs is 5. The van der Waals surface area contributed by atoms with Gasteiger partial charge in [-0.15, -0.1) is 0 Å². The molecule has 298 valence electrons. The lowest BCUT2D eigenvalue weighted by Crippen LogP contribution is -2.58. The van der Waals surface area contributed by atoms with Crippen LogP contribution in [-0.2, 0) is 35.6 Å². The molecule has 5 atom stereocenters. The fourth-order valence-corrected chi connectivity index (χ4v) is 9.38. The summed E-state index contributed by atoms with van der Waals surface area (Å²) >= 11 is 0. The molecule has 0 aromatic carbocycles. The van der Waals surface area contributed by atoms with Crippen molar-refractivity contribution in [3.8, 4) is 11.6 Å². The first-order chi connectivity index (χ1) is 26.1. The minimum atomic E-state index is -3.99. The van der Waals surface area contributed by atoms with Crippen LogP contribution in [0.15, 0.2) is 24.3 Å². The molecule has 0 radical (unpaired) electrons.